The summed E-state index contributed by atoms with van der Waals surface area (Å²) in [6.45, 7) is 4.75. The number of aromatic nitrogens is 1. The molecule has 0 spiro atoms. The quantitative estimate of drug-likeness (QED) is 0.318. The average Bonchev–Trinajstić information content (AvgIpc) is 3.15. The molecule has 29 heavy (non-hydrogen) atoms. The van der Waals surface area contributed by atoms with E-state index in [0.717, 1.165) is 16.9 Å². The maximum atomic E-state index is 11.5. The molecule has 0 atom stereocenters. The van der Waals surface area contributed by atoms with Crippen molar-refractivity contribution in [1.29, 1.82) is 0 Å². The SMILES string of the molecule is CCOC(=O)Cc1csc(NN=Cc2ccc(OCc3cccc(C)c3)cc2)n1. The van der Waals surface area contributed by atoms with E-state index in [4.69, 9.17) is 9.47 Å². The van der Waals surface area contributed by atoms with Crippen LogP contribution in [-0.2, 0) is 22.6 Å². The van der Waals surface area contributed by atoms with E-state index in [2.05, 4.69) is 40.6 Å². The van der Waals surface area contributed by atoms with Crippen LogP contribution in [0.15, 0.2) is 59.0 Å². The van der Waals surface area contributed by atoms with Gasteiger partial charge in [0.25, 0.3) is 0 Å². The van der Waals surface area contributed by atoms with Crippen molar-refractivity contribution in [1.82, 2.24) is 4.98 Å². The van der Waals surface area contributed by atoms with Crippen LogP contribution in [0.25, 0.3) is 0 Å². The lowest BCUT2D eigenvalue weighted by molar-refractivity contribution is -0.142. The van der Waals surface area contributed by atoms with Gasteiger partial charge in [-0.15, -0.1) is 11.3 Å². The minimum atomic E-state index is -0.280. The van der Waals surface area contributed by atoms with Crippen LogP contribution in [0, 0.1) is 6.92 Å². The minimum absolute atomic E-state index is 0.166. The monoisotopic (exact) mass is 409 g/mol. The number of benzene rings is 2. The molecule has 0 aliphatic carbocycles. The smallest absolute Gasteiger partial charge is 0.311 e. The summed E-state index contributed by atoms with van der Waals surface area (Å²) in [5.74, 6) is 0.526. The largest absolute Gasteiger partial charge is 0.489 e. The Morgan fingerprint density at radius 3 is 2.83 bits per heavy atom. The van der Waals surface area contributed by atoms with Crippen molar-refractivity contribution in [3.8, 4) is 5.75 Å². The van der Waals surface area contributed by atoms with E-state index in [1.54, 1.807) is 13.1 Å². The van der Waals surface area contributed by atoms with E-state index >= 15 is 0 Å². The van der Waals surface area contributed by atoms with E-state index in [1.807, 2.05) is 35.7 Å². The van der Waals surface area contributed by atoms with Crippen molar-refractivity contribution in [2.24, 2.45) is 5.10 Å². The number of hydrogen-bond acceptors (Lipinski definition) is 7. The standard InChI is InChI=1S/C22H23N3O3S/c1-3-27-21(26)12-19-15-29-22(24-19)25-23-13-17-7-9-20(10-8-17)28-14-18-6-4-5-16(2)11-18/h4-11,13,15H,3,12,14H2,1-2H3,(H,24,25). The molecule has 0 aliphatic rings. The number of carbonyl (C=O) groups excluding carboxylic acids is 1. The van der Waals surface area contributed by atoms with Crippen molar-refractivity contribution in [2.75, 3.05) is 12.0 Å². The molecule has 7 heteroatoms. The molecule has 3 aromatic rings. The fourth-order valence-electron chi connectivity index (χ4n) is 2.58. The van der Waals surface area contributed by atoms with Crippen LogP contribution in [0.4, 0.5) is 5.13 Å². The Bertz CT molecular complexity index is 967. The highest BCUT2D eigenvalue weighted by Gasteiger charge is 2.07. The van der Waals surface area contributed by atoms with Crippen molar-refractivity contribution in [3.63, 3.8) is 0 Å². The number of hydrazone groups is 1. The third kappa shape index (κ3) is 6.73. The molecular weight excluding hydrogens is 386 g/mol. The molecule has 0 bridgehead atoms. The molecule has 0 saturated carbocycles. The average molecular weight is 410 g/mol. The van der Waals surface area contributed by atoms with Crippen LogP contribution in [0.1, 0.15) is 29.3 Å². The first-order chi connectivity index (χ1) is 14.1. The zero-order chi connectivity index (χ0) is 20.5. The number of aryl methyl sites for hydroxylation is 1. The van der Waals surface area contributed by atoms with Crippen LogP contribution in [-0.4, -0.2) is 23.8 Å². The van der Waals surface area contributed by atoms with E-state index in [0.29, 0.717) is 24.0 Å². The summed E-state index contributed by atoms with van der Waals surface area (Å²) < 4.78 is 10.7. The van der Waals surface area contributed by atoms with Crippen molar-refractivity contribution >= 4 is 28.7 Å². The molecule has 6 nitrogen and oxygen atoms in total. The highest BCUT2D eigenvalue weighted by Crippen LogP contribution is 2.17. The van der Waals surface area contributed by atoms with E-state index < -0.39 is 0 Å². The normalized spacial score (nSPS) is 10.8. The Hall–Kier alpha value is -3.19. The third-order valence-electron chi connectivity index (χ3n) is 3.92. The molecule has 0 saturated heterocycles. The lowest BCUT2D eigenvalue weighted by Gasteiger charge is -2.07. The summed E-state index contributed by atoms with van der Waals surface area (Å²) in [5, 5.41) is 6.63. The van der Waals surface area contributed by atoms with Gasteiger partial charge in [-0.1, -0.05) is 29.8 Å². The van der Waals surface area contributed by atoms with Crippen LogP contribution < -0.4 is 10.2 Å². The van der Waals surface area contributed by atoms with Crippen molar-refractivity contribution in [3.05, 3.63) is 76.3 Å². The summed E-state index contributed by atoms with van der Waals surface area (Å²) in [7, 11) is 0. The summed E-state index contributed by atoms with van der Waals surface area (Å²) >= 11 is 1.39. The van der Waals surface area contributed by atoms with Crippen molar-refractivity contribution < 1.29 is 14.3 Å². The highest BCUT2D eigenvalue weighted by molar-refractivity contribution is 7.13. The Morgan fingerprint density at radius 1 is 1.24 bits per heavy atom. The number of anilines is 1. The van der Waals surface area contributed by atoms with Crippen LogP contribution in [0.3, 0.4) is 0 Å². The van der Waals surface area contributed by atoms with Gasteiger partial charge in [0.05, 0.1) is 24.9 Å². The molecule has 0 amide bonds. The van der Waals surface area contributed by atoms with Gasteiger partial charge in [-0.2, -0.15) is 5.10 Å². The molecule has 0 aliphatic heterocycles. The molecule has 2 aromatic carbocycles. The summed E-state index contributed by atoms with van der Waals surface area (Å²) in [5.41, 5.74) is 6.85. The maximum Gasteiger partial charge on any atom is 0.311 e. The molecule has 1 N–H and O–H groups in total. The Morgan fingerprint density at radius 2 is 2.07 bits per heavy atom. The molecule has 150 valence electrons. The van der Waals surface area contributed by atoms with E-state index in [9.17, 15) is 4.79 Å². The Balaban J connectivity index is 1.47. The molecule has 1 aromatic heterocycles. The van der Waals surface area contributed by atoms with E-state index in [1.165, 1.54) is 16.9 Å². The van der Waals surface area contributed by atoms with Gasteiger partial charge in [-0.05, 0) is 49.2 Å². The van der Waals surface area contributed by atoms with Gasteiger partial charge in [0.1, 0.15) is 12.4 Å². The zero-order valence-electron chi connectivity index (χ0n) is 16.4. The first-order valence-electron chi connectivity index (χ1n) is 9.30. The van der Waals surface area contributed by atoms with Crippen LogP contribution in [0.5, 0.6) is 5.75 Å². The number of ether oxygens (including phenoxy) is 2. The lowest BCUT2D eigenvalue weighted by Crippen LogP contribution is -2.07. The fourth-order valence-corrected chi connectivity index (χ4v) is 3.24. The molecule has 1 heterocycles. The second-order valence-electron chi connectivity index (χ2n) is 6.34. The molecule has 0 radical (unpaired) electrons. The topological polar surface area (TPSA) is 72.8 Å². The van der Waals surface area contributed by atoms with Crippen LogP contribution in [0.2, 0.25) is 0 Å². The first kappa shape index (κ1) is 20.5. The van der Waals surface area contributed by atoms with Crippen molar-refractivity contribution in [2.45, 2.75) is 26.9 Å². The number of nitrogens with one attached hydrogen (secondary N) is 1. The van der Waals surface area contributed by atoms with E-state index in [-0.39, 0.29) is 12.4 Å². The van der Waals surface area contributed by atoms with Gasteiger partial charge in [0.2, 0.25) is 5.13 Å². The Labute approximate surface area is 174 Å². The Kier molecular flexibility index (Phi) is 7.35. The number of carbonyl (C=O) groups is 1. The summed E-state index contributed by atoms with van der Waals surface area (Å²) in [6, 6.07) is 16.0. The first-order valence-corrected chi connectivity index (χ1v) is 10.2. The van der Waals surface area contributed by atoms with Gasteiger partial charge in [-0.3, -0.25) is 10.2 Å². The second kappa shape index (κ2) is 10.4. The fraction of sp³-hybridized carbons (Fsp3) is 0.227. The zero-order valence-corrected chi connectivity index (χ0v) is 17.2. The number of esters is 1. The van der Waals surface area contributed by atoms with Gasteiger partial charge in [-0.25, -0.2) is 4.98 Å². The lowest BCUT2D eigenvalue weighted by atomic mass is 10.1. The van der Waals surface area contributed by atoms with Gasteiger partial charge < -0.3 is 9.47 Å². The van der Waals surface area contributed by atoms with Gasteiger partial charge >= 0.3 is 5.97 Å². The number of nitrogens with zero attached hydrogens (tertiary/aromatic N) is 2. The third-order valence-corrected chi connectivity index (χ3v) is 4.72. The number of hydrogen-bond donors (Lipinski definition) is 1. The number of rotatable bonds is 9. The molecular formula is C22H23N3O3S. The number of thiazole rings is 1. The minimum Gasteiger partial charge on any atom is -0.489 e. The predicted octanol–water partition coefficient (Wildman–Crippen LogP) is 4.58. The molecule has 0 fully saturated rings. The van der Waals surface area contributed by atoms with Gasteiger partial charge in [0.15, 0.2) is 0 Å². The second-order valence-corrected chi connectivity index (χ2v) is 7.20. The highest BCUT2D eigenvalue weighted by atomic mass is 32.1. The summed E-state index contributed by atoms with van der Waals surface area (Å²) in [4.78, 5) is 15.8. The van der Waals surface area contributed by atoms with Crippen LogP contribution >= 0.6 is 11.3 Å². The maximum absolute atomic E-state index is 11.5. The van der Waals surface area contributed by atoms with Gasteiger partial charge in [0, 0.05) is 5.38 Å². The molecule has 0 unspecified atom stereocenters. The summed E-state index contributed by atoms with van der Waals surface area (Å²) in [6.07, 6.45) is 1.87. The predicted molar refractivity (Wildman–Crippen MR) is 116 cm³/mol. The molecule has 3 rings (SSSR count).